The van der Waals surface area contributed by atoms with Crippen LogP contribution in [0.5, 0.6) is 0 Å². The van der Waals surface area contributed by atoms with Gasteiger partial charge in [0.2, 0.25) is 41.4 Å². The predicted molar refractivity (Wildman–Crippen MR) is 162 cm³/mol. The number of carbonyl (C=O) groups excluding carboxylic acids is 9. The molecular formula is C29H45N7O11. The zero-order valence-corrected chi connectivity index (χ0v) is 26.9. The van der Waals surface area contributed by atoms with Gasteiger partial charge in [-0.15, -0.1) is 0 Å². The van der Waals surface area contributed by atoms with Gasteiger partial charge < -0.3 is 47.0 Å². The molecule has 0 bridgehead atoms. The number of ketones is 1. The number of hydrogen-bond acceptors (Lipinski definition) is 11. The summed E-state index contributed by atoms with van der Waals surface area (Å²) in [6, 6.07) is -8.48. The van der Waals surface area contributed by atoms with E-state index in [1.54, 1.807) is 27.7 Å². The summed E-state index contributed by atoms with van der Waals surface area (Å²) >= 11 is 0. The lowest BCUT2D eigenvalue weighted by Crippen LogP contribution is -2.60. The smallest absolute Gasteiger partial charge is 0.248 e. The Balaban J connectivity index is 2.52. The Bertz CT molecular complexity index is 1220. The molecule has 0 unspecified atom stereocenters. The Labute approximate surface area is 271 Å². The normalized spacial score (nSPS) is 27.5. The van der Waals surface area contributed by atoms with Gasteiger partial charge in [-0.05, 0) is 31.1 Å². The van der Waals surface area contributed by atoms with Crippen LogP contribution < -0.4 is 31.9 Å². The Morgan fingerprint density at radius 3 is 1.94 bits per heavy atom. The SMILES string of the molecule is CC(C)C[C@@H]1NC(=O)[C@H](CC(=O)C=O)NC(=O)[C@H](CO)NC(=O)[C@@H]2CCCN2C(=O)[C@H](CO)NC(=O)CNC(=O)[C@H](C(C)C)NC1=O. The molecule has 2 heterocycles. The Morgan fingerprint density at radius 2 is 1.36 bits per heavy atom. The summed E-state index contributed by atoms with van der Waals surface area (Å²) in [4.78, 5) is 116. The number of nitrogens with one attached hydrogen (secondary N) is 6. The number of hydrogen-bond donors (Lipinski definition) is 8. The number of aliphatic hydroxyl groups is 2. The standard InChI is InChI=1S/C29H45N7O11/c1-14(2)8-17-25(43)35-23(15(3)4)28(46)30-10-22(41)31-20(13-39)29(47)36-7-5-6-21(36)27(45)34-19(12-38)26(44)33-18(24(42)32-17)9-16(40)11-37/h11,14-15,17-21,23,38-39H,5-10,12-13H2,1-4H3,(H,30,46)(H,31,41)(H,32,42)(H,33,44)(H,34,45)(H,35,43)/t17-,18-,19-,20-,21-,23-/m0/s1. The first-order valence-electron chi connectivity index (χ1n) is 15.4. The number of amides is 7. The maximum atomic E-state index is 13.4. The van der Waals surface area contributed by atoms with Crippen molar-refractivity contribution in [3.63, 3.8) is 0 Å². The second kappa shape index (κ2) is 18.0. The number of rotatable bonds is 8. The van der Waals surface area contributed by atoms with Crippen LogP contribution in [0.1, 0.15) is 53.4 Å². The molecule has 2 aliphatic rings. The Kier molecular flexibility index (Phi) is 14.9. The molecule has 0 saturated carbocycles. The summed E-state index contributed by atoms with van der Waals surface area (Å²) in [5.41, 5.74) is 0. The highest BCUT2D eigenvalue weighted by Crippen LogP contribution is 2.19. The van der Waals surface area contributed by atoms with Gasteiger partial charge in [0.25, 0.3) is 0 Å². The van der Waals surface area contributed by atoms with Crippen molar-refractivity contribution < 1.29 is 53.4 Å². The summed E-state index contributed by atoms with van der Waals surface area (Å²) in [7, 11) is 0. The van der Waals surface area contributed by atoms with Crippen LogP contribution in [0.2, 0.25) is 0 Å². The lowest BCUT2D eigenvalue weighted by molar-refractivity contribution is -0.143. The van der Waals surface area contributed by atoms with E-state index in [1.165, 1.54) is 0 Å². The molecule has 2 fully saturated rings. The van der Waals surface area contributed by atoms with E-state index in [9.17, 15) is 53.4 Å². The minimum absolute atomic E-state index is 0.0541. The average Bonchev–Trinajstić information content (AvgIpc) is 3.52. The van der Waals surface area contributed by atoms with Crippen LogP contribution in [0.25, 0.3) is 0 Å². The predicted octanol–water partition coefficient (Wildman–Crippen LogP) is -4.62. The van der Waals surface area contributed by atoms with Gasteiger partial charge >= 0.3 is 0 Å². The van der Waals surface area contributed by atoms with Gasteiger partial charge in [0.1, 0.15) is 36.3 Å². The van der Waals surface area contributed by atoms with Crippen LogP contribution in [0.3, 0.4) is 0 Å². The molecule has 18 heteroatoms. The molecule has 7 amide bonds. The van der Waals surface area contributed by atoms with E-state index in [0.717, 1.165) is 4.90 Å². The van der Waals surface area contributed by atoms with Gasteiger partial charge in [-0.1, -0.05) is 27.7 Å². The molecule has 47 heavy (non-hydrogen) atoms. The molecule has 0 radical (unpaired) electrons. The highest BCUT2D eigenvalue weighted by Gasteiger charge is 2.40. The fourth-order valence-electron chi connectivity index (χ4n) is 5.17. The third-order valence-electron chi connectivity index (χ3n) is 7.65. The highest BCUT2D eigenvalue weighted by molar-refractivity contribution is 6.25. The van der Waals surface area contributed by atoms with Gasteiger partial charge in [-0.2, -0.15) is 0 Å². The summed E-state index contributed by atoms with van der Waals surface area (Å²) in [6.07, 6.45) is -0.308. The quantitative estimate of drug-likeness (QED) is 0.0901. The summed E-state index contributed by atoms with van der Waals surface area (Å²) in [5, 5.41) is 34.0. The number of fused-ring (bicyclic) bond motifs is 1. The van der Waals surface area contributed by atoms with E-state index in [4.69, 9.17) is 0 Å². The molecule has 262 valence electrons. The van der Waals surface area contributed by atoms with Crippen molar-refractivity contribution in [1.29, 1.82) is 0 Å². The molecule has 0 aliphatic carbocycles. The zero-order valence-electron chi connectivity index (χ0n) is 26.9. The fraction of sp³-hybridized carbons (Fsp3) is 0.690. The van der Waals surface area contributed by atoms with E-state index in [-0.39, 0.29) is 31.6 Å². The van der Waals surface area contributed by atoms with E-state index in [0.29, 0.717) is 6.42 Å². The molecule has 0 aromatic heterocycles. The second-order valence-electron chi connectivity index (χ2n) is 12.2. The first-order chi connectivity index (χ1) is 22.1. The van der Waals surface area contributed by atoms with Crippen molar-refractivity contribution in [2.75, 3.05) is 26.3 Å². The summed E-state index contributed by atoms with van der Waals surface area (Å²) < 4.78 is 0. The van der Waals surface area contributed by atoms with Crippen molar-refractivity contribution >= 4 is 53.4 Å². The summed E-state index contributed by atoms with van der Waals surface area (Å²) in [5.74, 6) is -7.96. The second-order valence-corrected chi connectivity index (χ2v) is 12.2. The summed E-state index contributed by atoms with van der Waals surface area (Å²) in [6.45, 7) is 4.40. The number of Topliss-reactive ketones (excluding diaryl/α,β-unsaturated/α-hetero) is 1. The van der Waals surface area contributed by atoms with Crippen molar-refractivity contribution in [1.82, 2.24) is 36.8 Å². The van der Waals surface area contributed by atoms with Gasteiger partial charge in [-0.3, -0.25) is 43.2 Å². The zero-order chi connectivity index (χ0) is 35.4. The Hall–Kier alpha value is -4.45. The fourth-order valence-corrected chi connectivity index (χ4v) is 5.17. The maximum absolute atomic E-state index is 13.4. The molecule has 2 rings (SSSR count). The van der Waals surface area contributed by atoms with Crippen LogP contribution in [-0.2, 0) is 43.2 Å². The molecule has 2 saturated heterocycles. The first kappa shape index (κ1) is 38.7. The van der Waals surface area contributed by atoms with Gasteiger partial charge in [-0.25, -0.2) is 0 Å². The van der Waals surface area contributed by atoms with E-state index >= 15 is 0 Å². The van der Waals surface area contributed by atoms with Crippen molar-refractivity contribution in [3.8, 4) is 0 Å². The number of aldehydes is 1. The first-order valence-corrected chi connectivity index (χ1v) is 15.4. The molecule has 6 atom stereocenters. The van der Waals surface area contributed by atoms with E-state index < -0.39 is 115 Å². The molecule has 2 aliphatic heterocycles. The highest BCUT2D eigenvalue weighted by atomic mass is 16.3. The third-order valence-corrected chi connectivity index (χ3v) is 7.65. The lowest BCUT2D eigenvalue weighted by Gasteiger charge is -2.29. The monoisotopic (exact) mass is 667 g/mol. The van der Waals surface area contributed by atoms with Crippen LogP contribution in [0, 0.1) is 11.8 Å². The van der Waals surface area contributed by atoms with Crippen LogP contribution in [0.15, 0.2) is 0 Å². The molecule has 8 N–H and O–H groups in total. The molecule has 0 aromatic carbocycles. The van der Waals surface area contributed by atoms with Crippen LogP contribution in [-0.4, -0.2) is 131 Å². The minimum atomic E-state index is -1.71. The molecule has 0 aromatic rings. The number of carbonyl (C=O) groups is 9. The van der Waals surface area contributed by atoms with Crippen LogP contribution in [0.4, 0.5) is 0 Å². The van der Waals surface area contributed by atoms with Crippen molar-refractivity contribution in [3.05, 3.63) is 0 Å². The Morgan fingerprint density at radius 1 is 0.787 bits per heavy atom. The molecule has 0 spiro atoms. The third kappa shape index (κ3) is 11.1. The van der Waals surface area contributed by atoms with E-state index in [2.05, 4.69) is 31.9 Å². The number of nitrogens with zero attached hydrogens (tertiary/aromatic N) is 1. The van der Waals surface area contributed by atoms with Crippen molar-refractivity contribution in [2.45, 2.75) is 89.6 Å². The van der Waals surface area contributed by atoms with Gasteiger partial charge in [0, 0.05) is 13.0 Å². The van der Waals surface area contributed by atoms with Gasteiger partial charge in [0.05, 0.1) is 19.8 Å². The number of aliphatic hydroxyl groups excluding tert-OH is 2. The minimum Gasteiger partial charge on any atom is -0.394 e. The molecule has 18 nitrogen and oxygen atoms in total. The van der Waals surface area contributed by atoms with Crippen LogP contribution >= 0.6 is 0 Å². The lowest BCUT2D eigenvalue weighted by atomic mass is 9.99. The largest absolute Gasteiger partial charge is 0.394 e. The topological polar surface area (TPSA) is 270 Å². The van der Waals surface area contributed by atoms with Crippen molar-refractivity contribution in [2.24, 2.45) is 11.8 Å². The van der Waals surface area contributed by atoms with Gasteiger partial charge in [0.15, 0.2) is 12.1 Å². The molecular weight excluding hydrogens is 622 g/mol. The van der Waals surface area contributed by atoms with E-state index in [1.807, 2.05) is 0 Å². The average molecular weight is 668 g/mol. The maximum Gasteiger partial charge on any atom is 0.248 e.